The molecule has 2 heterocycles. The molecule has 1 aromatic carbocycles. The molecule has 2 N–H and O–H groups in total. The summed E-state index contributed by atoms with van der Waals surface area (Å²) in [6, 6.07) is 7.61. The number of carbonyl (C=O) groups excluding carboxylic acids is 1. The SMILES string of the molecule is Cc1nc(N2CCC[C@@H]2C(=O)NC(C)(C)CO)nc2ccccc12. The number of nitrogens with zero attached hydrogens (tertiary/aromatic N) is 3. The van der Waals surface area contributed by atoms with Gasteiger partial charge in [0.05, 0.1) is 23.4 Å². The maximum atomic E-state index is 12.6. The normalized spacial score (nSPS) is 18.2. The van der Waals surface area contributed by atoms with Crippen LogP contribution in [0.1, 0.15) is 32.4 Å². The molecule has 0 saturated carbocycles. The van der Waals surface area contributed by atoms with Crippen molar-refractivity contribution in [2.75, 3.05) is 18.1 Å². The number of aliphatic hydroxyl groups excluding tert-OH is 1. The fourth-order valence-corrected chi connectivity index (χ4v) is 3.08. The molecule has 1 aliphatic rings. The number of aryl methyl sites for hydroxylation is 1. The van der Waals surface area contributed by atoms with Crippen LogP contribution in [0.4, 0.5) is 5.95 Å². The van der Waals surface area contributed by atoms with Gasteiger partial charge in [-0.1, -0.05) is 18.2 Å². The molecule has 1 saturated heterocycles. The standard InChI is InChI=1S/C18H24N4O2/c1-12-13-7-4-5-8-14(13)20-17(19-12)22-10-6-9-15(22)16(24)21-18(2,3)11-23/h4-5,7-8,15,23H,6,9-11H2,1-3H3,(H,21,24)/t15-/m1/s1. The molecular weight excluding hydrogens is 304 g/mol. The van der Waals surface area contributed by atoms with Crippen LogP contribution in [0.15, 0.2) is 24.3 Å². The third-order valence-corrected chi connectivity index (χ3v) is 4.45. The van der Waals surface area contributed by atoms with E-state index in [0.29, 0.717) is 5.95 Å². The Labute approximate surface area is 141 Å². The lowest BCUT2D eigenvalue weighted by molar-refractivity contribution is -0.124. The predicted molar refractivity (Wildman–Crippen MR) is 94.0 cm³/mol. The van der Waals surface area contributed by atoms with Crippen LogP contribution in [0.3, 0.4) is 0 Å². The van der Waals surface area contributed by atoms with E-state index in [1.165, 1.54) is 0 Å². The molecular formula is C18H24N4O2. The van der Waals surface area contributed by atoms with E-state index in [0.717, 1.165) is 36.0 Å². The van der Waals surface area contributed by atoms with Gasteiger partial charge in [0.15, 0.2) is 0 Å². The average molecular weight is 328 g/mol. The van der Waals surface area contributed by atoms with Crippen LogP contribution in [0.25, 0.3) is 10.9 Å². The lowest BCUT2D eigenvalue weighted by Gasteiger charge is -2.29. The third kappa shape index (κ3) is 3.19. The van der Waals surface area contributed by atoms with E-state index < -0.39 is 5.54 Å². The smallest absolute Gasteiger partial charge is 0.243 e. The van der Waals surface area contributed by atoms with Crippen LogP contribution in [-0.4, -0.2) is 45.7 Å². The summed E-state index contributed by atoms with van der Waals surface area (Å²) in [6.45, 7) is 6.24. The molecule has 1 atom stereocenters. The monoisotopic (exact) mass is 328 g/mol. The van der Waals surface area contributed by atoms with Gasteiger partial charge in [0.2, 0.25) is 11.9 Å². The van der Waals surface area contributed by atoms with Gasteiger partial charge in [-0.25, -0.2) is 9.97 Å². The highest BCUT2D eigenvalue weighted by Crippen LogP contribution is 2.26. The number of hydrogen-bond acceptors (Lipinski definition) is 5. The Hall–Kier alpha value is -2.21. The summed E-state index contributed by atoms with van der Waals surface area (Å²) in [7, 11) is 0. The number of hydrogen-bond donors (Lipinski definition) is 2. The van der Waals surface area contributed by atoms with Gasteiger partial charge in [0.25, 0.3) is 0 Å². The van der Waals surface area contributed by atoms with Crippen molar-refractivity contribution in [3.63, 3.8) is 0 Å². The van der Waals surface area contributed by atoms with Crippen molar-refractivity contribution in [2.24, 2.45) is 0 Å². The molecule has 1 amide bonds. The van der Waals surface area contributed by atoms with Crippen molar-refractivity contribution in [2.45, 2.75) is 45.2 Å². The van der Waals surface area contributed by atoms with Crippen LogP contribution in [-0.2, 0) is 4.79 Å². The summed E-state index contributed by atoms with van der Waals surface area (Å²) in [5.74, 6) is 0.520. The molecule has 6 heteroatoms. The first kappa shape index (κ1) is 16.6. The molecule has 1 aliphatic heterocycles. The molecule has 0 aliphatic carbocycles. The lowest BCUT2D eigenvalue weighted by atomic mass is 10.1. The first-order chi connectivity index (χ1) is 11.4. The number of benzene rings is 1. The quantitative estimate of drug-likeness (QED) is 0.895. The Morgan fingerprint density at radius 1 is 1.38 bits per heavy atom. The highest BCUT2D eigenvalue weighted by molar-refractivity contribution is 5.87. The molecule has 1 aromatic heterocycles. The zero-order valence-electron chi connectivity index (χ0n) is 14.4. The van der Waals surface area contributed by atoms with Gasteiger partial charge < -0.3 is 15.3 Å². The Morgan fingerprint density at radius 2 is 2.12 bits per heavy atom. The first-order valence-electron chi connectivity index (χ1n) is 8.34. The highest BCUT2D eigenvalue weighted by Gasteiger charge is 2.35. The molecule has 0 unspecified atom stereocenters. The molecule has 128 valence electrons. The minimum absolute atomic E-state index is 0.0824. The van der Waals surface area contributed by atoms with Crippen molar-refractivity contribution in [1.29, 1.82) is 0 Å². The fraction of sp³-hybridized carbons (Fsp3) is 0.500. The van der Waals surface area contributed by atoms with Gasteiger partial charge in [-0.3, -0.25) is 4.79 Å². The molecule has 1 fully saturated rings. The maximum absolute atomic E-state index is 12.6. The highest BCUT2D eigenvalue weighted by atomic mass is 16.3. The summed E-state index contributed by atoms with van der Waals surface area (Å²) < 4.78 is 0. The van der Waals surface area contributed by atoms with Crippen molar-refractivity contribution in [1.82, 2.24) is 15.3 Å². The van der Waals surface area contributed by atoms with Crippen LogP contribution in [0.2, 0.25) is 0 Å². The summed E-state index contributed by atoms with van der Waals surface area (Å²) in [6.07, 6.45) is 1.69. The average Bonchev–Trinajstić information content (AvgIpc) is 3.04. The first-order valence-corrected chi connectivity index (χ1v) is 8.34. The van der Waals surface area contributed by atoms with E-state index in [2.05, 4.69) is 15.3 Å². The Bertz CT molecular complexity index is 760. The lowest BCUT2D eigenvalue weighted by Crippen LogP contribution is -2.53. The van der Waals surface area contributed by atoms with E-state index in [4.69, 9.17) is 0 Å². The second kappa shape index (κ2) is 6.36. The molecule has 0 bridgehead atoms. The van der Waals surface area contributed by atoms with Gasteiger partial charge in [-0.15, -0.1) is 0 Å². The number of rotatable bonds is 4. The van der Waals surface area contributed by atoms with Crippen LogP contribution >= 0.6 is 0 Å². The topological polar surface area (TPSA) is 78.4 Å². The minimum Gasteiger partial charge on any atom is -0.394 e. The van der Waals surface area contributed by atoms with Crippen LogP contribution in [0.5, 0.6) is 0 Å². The number of para-hydroxylation sites is 1. The second-order valence-electron chi connectivity index (χ2n) is 7.01. The van der Waals surface area contributed by atoms with Crippen molar-refractivity contribution < 1.29 is 9.90 Å². The van der Waals surface area contributed by atoms with Gasteiger partial charge in [0.1, 0.15) is 6.04 Å². The Balaban J connectivity index is 1.89. The number of anilines is 1. The fourth-order valence-electron chi connectivity index (χ4n) is 3.08. The number of aromatic nitrogens is 2. The number of amides is 1. The van der Waals surface area contributed by atoms with Crippen LogP contribution < -0.4 is 10.2 Å². The predicted octanol–water partition coefficient (Wildman–Crippen LogP) is 1.79. The minimum atomic E-state index is -0.633. The van der Waals surface area contributed by atoms with E-state index in [-0.39, 0.29) is 18.6 Å². The number of nitrogens with one attached hydrogen (secondary N) is 1. The molecule has 0 radical (unpaired) electrons. The summed E-state index contributed by atoms with van der Waals surface area (Å²) in [5, 5.41) is 13.3. The molecule has 24 heavy (non-hydrogen) atoms. The van der Waals surface area contributed by atoms with Gasteiger partial charge in [0, 0.05) is 11.9 Å². The van der Waals surface area contributed by atoms with Gasteiger partial charge >= 0.3 is 0 Å². The zero-order chi connectivity index (χ0) is 17.3. The summed E-state index contributed by atoms with van der Waals surface area (Å²) in [4.78, 5) is 23.9. The van der Waals surface area contributed by atoms with E-state index >= 15 is 0 Å². The summed E-state index contributed by atoms with van der Waals surface area (Å²) >= 11 is 0. The number of carbonyl (C=O) groups is 1. The van der Waals surface area contributed by atoms with Crippen molar-refractivity contribution in [3.05, 3.63) is 30.0 Å². The van der Waals surface area contributed by atoms with E-state index in [9.17, 15) is 9.90 Å². The third-order valence-electron chi connectivity index (χ3n) is 4.45. The summed E-state index contributed by atoms with van der Waals surface area (Å²) in [5.41, 5.74) is 1.17. The van der Waals surface area contributed by atoms with Crippen LogP contribution in [0, 0.1) is 6.92 Å². The maximum Gasteiger partial charge on any atom is 0.243 e. The second-order valence-corrected chi connectivity index (χ2v) is 7.01. The Kier molecular flexibility index (Phi) is 4.41. The molecule has 0 spiro atoms. The van der Waals surface area contributed by atoms with E-state index in [1.807, 2.05) is 36.1 Å². The van der Waals surface area contributed by atoms with Gasteiger partial charge in [-0.05, 0) is 39.7 Å². The molecule has 6 nitrogen and oxygen atoms in total. The Morgan fingerprint density at radius 3 is 2.88 bits per heavy atom. The molecule has 2 aromatic rings. The number of aliphatic hydroxyl groups is 1. The number of fused-ring (bicyclic) bond motifs is 1. The van der Waals surface area contributed by atoms with Crippen molar-refractivity contribution in [3.8, 4) is 0 Å². The van der Waals surface area contributed by atoms with E-state index in [1.54, 1.807) is 13.8 Å². The largest absolute Gasteiger partial charge is 0.394 e. The zero-order valence-corrected chi connectivity index (χ0v) is 14.4. The van der Waals surface area contributed by atoms with Gasteiger partial charge in [-0.2, -0.15) is 0 Å². The van der Waals surface area contributed by atoms with Crippen molar-refractivity contribution >= 4 is 22.8 Å². The molecule has 3 rings (SSSR count).